The van der Waals surface area contributed by atoms with Crippen LogP contribution in [0.1, 0.15) is 20.8 Å². The van der Waals surface area contributed by atoms with Crippen molar-refractivity contribution in [2.24, 2.45) is 5.73 Å². The molecule has 1 aromatic heterocycles. The Kier molecular flexibility index (Phi) is 3.05. The van der Waals surface area contributed by atoms with Gasteiger partial charge in [-0.1, -0.05) is 18.2 Å². The molecule has 18 heavy (non-hydrogen) atoms. The molecule has 2 rings (SSSR count). The van der Waals surface area contributed by atoms with Crippen molar-refractivity contribution in [3.8, 4) is 11.1 Å². The van der Waals surface area contributed by atoms with Crippen LogP contribution >= 0.6 is 0 Å². The van der Waals surface area contributed by atoms with Gasteiger partial charge in [0.15, 0.2) is 5.69 Å². The number of rotatable bonds is 3. The third-order valence-electron chi connectivity index (χ3n) is 2.47. The summed E-state index contributed by atoms with van der Waals surface area (Å²) in [4.78, 5) is 26.0. The van der Waals surface area contributed by atoms with Crippen LogP contribution in [0.25, 0.3) is 11.1 Å². The standard InChI is InChI=1S/C13H10N2O3/c14-12(16)9-4-1-3-8(7-9)10-5-2-6-15-11(10)13(17)18/h1-7H,(H2,14,16)(H,17,18). The number of hydrogen-bond acceptors (Lipinski definition) is 3. The molecule has 0 saturated heterocycles. The summed E-state index contributed by atoms with van der Waals surface area (Å²) in [6.07, 6.45) is 1.41. The van der Waals surface area contributed by atoms with Crippen molar-refractivity contribution in [3.05, 3.63) is 53.9 Å². The molecule has 5 nitrogen and oxygen atoms in total. The van der Waals surface area contributed by atoms with Gasteiger partial charge in [-0.25, -0.2) is 9.78 Å². The maximum Gasteiger partial charge on any atom is 0.355 e. The van der Waals surface area contributed by atoms with Gasteiger partial charge in [0.1, 0.15) is 0 Å². The molecule has 0 aliphatic heterocycles. The third-order valence-corrected chi connectivity index (χ3v) is 2.47. The average Bonchev–Trinajstić information content (AvgIpc) is 2.39. The van der Waals surface area contributed by atoms with Crippen molar-refractivity contribution in [3.63, 3.8) is 0 Å². The highest BCUT2D eigenvalue weighted by molar-refractivity contribution is 5.97. The summed E-state index contributed by atoms with van der Waals surface area (Å²) in [5, 5.41) is 9.05. The second kappa shape index (κ2) is 4.67. The summed E-state index contributed by atoms with van der Waals surface area (Å²) in [5.41, 5.74) is 6.50. The summed E-state index contributed by atoms with van der Waals surface area (Å²) in [5.74, 6) is -1.67. The molecule has 3 N–H and O–H groups in total. The van der Waals surface area contributed by atoms with Crippen LogP contribution in [0.3, 0.4) is 0 Å². The number of carbonyl (C=O) groups is 2. The van der Waals surface area contributed by atoms with E-state index in [9.17, 15) is 9.59 Å². The highest BCUT2D eigenvalue weighted by Gasteiger charge is 2.13. The Morgan fingerprint density at radius 2 is 1.94 bits per heavy atom. The number of nitrogens with zero attached hydrogens (tertiary/aromatic N) is 1. The number of amides is 1. The lowest BCUT2D eigenvalue weighted by Gasteiger charge is -2.06. The van der Waals surface area contributed by atoms with Gasteiger partial charge in [-0.2, -0.15) is 0 Å². The Balaban J connectivity index is 2.58. The van der Waals surface area contributed by atoms with Crippen molar-refractivity contribution in [1.82, 2.24) is 4.98 Å². The van der Waals surface area contributed by atoms with Crippen LogP contribution < -0.4 is 5.73 Å². The fraction of sp³-hybridized carbons (Fsp3) is 0. The Morgan fingerprint density at radius 3 is 2.61 bits per heavy atom. The molecule has 0 radical (unpaired) electrons. The molecule has 0 unspecified atom stereocenters. The zero-order valence-electron chi connectivity index (χ0n) is 9.33. The fourth-order valence-corrected chi connectivity index (χ4v) is 1.65. The number of nitrogens with two attached hydrogens (primary N) is 1. The zero-order valence-corrected chi connectivity index (χ0v) is 9.33. The Morgan fingerprint density at radius 1 is 1.17 bits per heavy atom. The van der Waals surface area contributed by atoms with Crippen LogP contribution in [-0.4, -0.2) is 22.0 Å². The highest BCUT2D eigenvalue weighted by atomic mass is 16.4. The summed E-state index contributed by atoms with van der Waals surface area (Å²) < 4.78 is 0. The number of pyridine rings is 1. The first-order valence-corrected chi connectivity index (χ1v) is 5.18. The van der Waals surface area contributed by atoms with E-state index >= 15 is 0 Å². The number of carboxylic acid groups (broad SMARTS) is 1. The van der Waals surface area contributed by atoms with Gasteiger partial charge in [-0.05, 0) is 23.8 Å². The Hall–Kier alpha value is -2.69. The largest absolute Gasteiger partial charge is 0.476 e. The summed E-state index contributed by atoms with van der Waals surface area (Å²) in [6, 6.07) is 9.74. The second-order valence-electron chi connectivity index (χ2n) is 3.65. The normalized spacial score (nSPS) is 10.0. The average molecular weight is 242 g/mol. The molecule has 0 atom stereocenters. The van der Waals surface area contributed by atoms with Gasteiger partial charge >= 0.3 is 5.97 Å². The lowest BCUT2D eigenvalue weighted by molar-refractivity contribution is 0.0691. The molecule has 0 bridgehead atoms. The highest BCUT2D eigenvalue weighted by Crippen LogP contribution is 2.23. The molecular formula is C13H10N2O3. The number of carboxylic acids is 1. The summed E-state index contributed by atoms with van der Waals surface area (Å²) in [7, 11) is 0. The monoisotopic (exact) mass is 242 g/mol. The molecule has 1 aromatic carbocycles. The first-order valence-electron chi connectivity index (χ1n) is 5.18. The van der Waals surface area contributed by atoms with Crippen molar-refractivity contribution in [1.29, 1.82) is 0 Å². The molecule has 90 valence electrons. The quantitative estimate of drug-likeness (QED) is 0.853. The molecule has 0 spiro atoms. The van der Waals surface area contributed by atoms with Gasteiger partial charge in [0.05, 0.1) is 0 Å². The van der Waals surface area contributed by atoms with Crippen molar-refractivity contribution < 1.29 is 14.7 Å². The van der Waals surface area contributed by atoms with E-state index in [1.807, 2.05) is 0 Å². The van der Waals surface area contributed by atoms with Crippen LogP contribution in [0.4, 0.5) is 0 Å². The first kappa shape index (κ1) is 11.8. The molecule has 2 aromatic rings. The number of primary amides is 1. The van der Waals surface area contributed by atoms with Crippen LogP contribution in [0, 0.1) is 0 Å². The second-order valence-corrected chi connectivity index (χ2v) is 3.65. The van der Waals surface area contributed by atoms with Crippen LogP contribution in [0.2, 0.25) is 0 Å². The molecule has 0 aliphatic carbocycles. The third kappa shape index (κ3) is 2.20. The van der Waals surface area contributed by atoms with Crippen LogP contribution in [0.5, 0.6) is 0 Å². The topological polar surface area (TPSA) is 93.3 Å². The van der Waals surface area contributed by atoms with E-state index in [2.05, 4.69) is 4.98 Å². The van der Waals surface area contributed by atoms with E-state index < -0.39 is 11.9 Å². The number of hydrogen-bond donors (Lipinski definition) is 2. The number of carbonyl (C=O) groups excluding carboxylic acids is 1. The smallest absolute Gasteiger partial charge is 0.355 e. The minimum atomic E-state index is -1.12. The molecule has 0 aliphatic rings. The van der Waals surface area contributed by atoms with Crippen LogP contribution in [-0.2, 0) is 0 Å². The SMILES string of the molecule is NC(=O)c1cccc(-c2cccnc2C(=O)O)c1. The summed E-state index contributed by atoms with van der Waals surface area (Å²) >= 11 is 0. The minimum Gasteiger partial charge on any atom is -0.476 e. The van der Waals surface area contributed by atoms with E-state index in [4.69, 9.17) is 10.8 Å². The van der Waals surface area contributed by atoms with E-state index in [0.29, 0.717) is 16.7 Å². The maximum atomic E-state index is 11.1. The molecular weight excluding hydrogens is 232 g/mol. The van der Waals surface area contributed by atoms with Gasteiger partial charge in [0.25, 0.3) is 0 Å². The van der Waals surface area contributed by atoms with E-state index in [1.165, 1.54) is 6.20 Å². The number of benzene rings is 1. The fourth-order valence-electron chi connectivity index (χ4n) is 1.65. The summed E-state index contributed by atoms with van der Waals surface area (Å²) in [6.45, 7) is 0. The Labute approximate surface area is 103 Å². The maximum absolute atomic E-state index is 11.1. The van der Waals surface area contributed by atoms with Gasteiger partial charge < -0.3 is 10.8 Å². The van der Waals surface area contributed by atoms with E-state index in [-0.39, 0.29) is 5.69 Å². The van der Waals surface area contributed by atoms with Crippen molar-refractivity contribution in [2.45, 2.75) is 0 Å². The van der Waals surface area contributed by atoms with Crippen LogP contribution in [0.15, 0.2) is 42.6 Å². The van der Waals surface area contributed by atoms with E-state index in [0.717, 1.165) is 0 Å². The van der Waals surface area contributed by atoms with Gasteiger partial charge in [-0.15, -0.1) is 0 Å². The molecule has 1 heterocycles. The molecule has 0 fully saturated rings. The van der Waals surface area contributed by atoms with E-state index in [1.54, 1.807) is 36.4 Å². The Bertz CT molecular complexity index is 623. The van der Waals surface area contributed by atoms with Gasteiger partial charge in [-0.3, -0.25) is 4.79 Å². The molecule has 1 amide bonds. The molecule has 5 heteroatoms. The first-order chi connectivity index (χ1) is 8.59. The minimum absolute atomic E-state index is 0.0564. The number of aromatic nitrogens is 1. The van der Waals surface area contributed by atoms with Crippen molar-refractivity contribution >= 4 is 11.9 Å². The predicted molar refractivity (Wildman–Crippen MR) is 65.2 cm³/mol. The lowest BCUT2D eigenvalue weighted by Crippen LogP contribution is -2.11. The zero-order chi connectivity index (χ0) is 13.1. The van der Waals surface area contributed by atoms with Gasteiger partial charge in [0.2, 0.25) is 5.91 Å². The van der Waals surface area contributed by atoms with Crippen molar-refractivity contribution in [2.75, 3.05) is 0 Å². The van der Waals surface area contributed by atoms with Gasteiger partial charge in [0, 0.05) is 17.3 Å². The molecule has 0 saturated carbocycles. The predicted octanol–water partition coefficient (Wildman–Crippen LogP) is 1.55. The lowest BCUT2D eigenvalue weighted by atomic mass is 10.0. The number of aromatic carboxylic acids is 1.